The van der Waals surface area contributed by atoms with E-state index in [0.717, 1.165) is 19.6 Å². The molecule has 0 aromatic carbocycles. The van der Waals surface area contributed by atoms with Gasteiger partial charge >= 0.3 is 5.97 Å². The molecule has 1 unspecified atom stereocenters. The molecule has 2 fully saturated rings. The molecule has 4 nitrogen and oxygen atoms in total. The second-order valence-corrected chi connectivity index (χ2v) is 5.34. The number of piperidine rings is 1. The Morgan fingerprint density at radius 2 is 1.88 bits per heavy atom. The zero-order chi connectivity index (χ0) is 12.1. The average Bonchev–Trinajstić information content (AvgIpc) is 2.75. The largest absolute Gasteiger partial charge is 0.481 e. The van der Waals surface area contributed by atoms with Crippen LogP contribution in [-0.2, 0) is 4.79 Å². The lowest BCUT2D eigenvalue weighted by Gasteiger charge is -2.32. The fraction of sp³-hybridized carbons (Fsp3) is 0.923. The van der Waals surface area contributed by atoms with Crippen molar-refractivity contribution in [3.05, 3.63) is 0 Å². The van der Waals surface area contributed by atoms with E-state index in [-0.39, 0.29) is 6.42 Å². The van der Waals surface area contributed by atoms with E-state index in [1.807, 2.05) is 0 Å². The van der Waals surface area contributed by atoms with Crippen molar-refractivity contribution in [3.63, 3.8) is 0 Å². The summed E-state index contributed by atoms with van der Waals surface area (Å²) in [4.78, 5) is 15.6. The smallest absolute Gasteiger partial charge is 0.304 e. The van der Waals surface area contributed by atoms with Crippen molar-refractivity contribution in [1.82, 2.24) is 9.80 Å². The van der Waals surface area contributed by atoms with Gasteiger partial charge in [-0.3, -0.25) is 9.69 Å². The first-order valence-electron chi connectivity index (χ1n) is 6.94. The molecule has 2 aliphatic rings. The SMILES string of the molecule is O=C(O)CCN1CCCC1CN1CCCCC1. The number of aliphatic carboxylic acids is 1. The summed E-state index contributed by atoms with van der Waals surface area (Å²) in [6.07, 6.45) is 6.82. The van der Waals surface area contributed by atoms with Gasteiger partial charge in [-0.2, -0.15) is 0 Å². The summed E-state index contributed by atoms with van der Waals surface area (Å²) in [7, 11) is 0. The first kappa shape index (κ1) is 12.8. The zero-order valence-corrected chi connectivity index (χ0v) is 10.6. The van der Waals surface area contributed by atoms with Crippen LogP contribution in [0.2, 0.25) is 0 Å². The van der Waals surface area contributed by atoms with E-state index in [4.69, 9.17) is 5.11 Å². The Balaban J connectivity index is 1.75. The average molecular weight is 240 g/mol. The summed E-state index contributed by atoms with van der Waals surface area (Å²) in [5.74, 6) is -0.673. The van der Waals surface area contributed by atoms with E-state index < -0.39 is 5.97 Å². The number of hydrogen-bond donors (Lipinski definition) is 1. The van der Waals surface area contributed by atoms with Gasteiger partial charge in [0.25, 0.3) is 0 Å². The maximum Gasteiger partial charge on any atom is 0.304 e. The Kier molecular flexibility index (Phi) is 4.80. The predicted molar refractivity (Wildman–Crippen MR) is 67.1 cm³/mol. The van der Waals surface area contributed by atoms with Gasteiger partial charge in [0.15, 0.2) is 0 Å². The second-order valence-electron chi connectivity index (χ2n) is 5.34. The lowest BCUT2D eigenvalue weighted by molar-refractivity contribution is -0.137. The summed E-state index contributed by atoms with van der Waals surface area (Å²) in [6.45, 7) is 5.45. The molecule has 0 saturated carbocycles. The van der Waals surface area contributed by atoms with Crippen molar-refractivity contribution in [3.8, 4) is 0 Å². The minimum Gasteiger partial charge on any atom is -0.481 e. The number of carboxylic acids is 1. The summed E-state index contributed by atoms with van der Waals surface area (Å²) in [6, 6.07) is 0.604. The lowest BCUT2D eigenvalue weighted by atomic mass is 10.1. The Labute approximate surface area is 104 Å². The van der Waals surface area contributed by atoms with Crippen molar-refractivity contribution in [2.75, 3.05) is 32.7 Å². The van der Waals surface area contributed by atoms with Crippen molar-refractivity contribution < 1.29 is 9.90 Å². The summed E-state index contributed by atoms with van der Waals surface area (Å²) >= 11 is 0. The highest BCUT2D eigenvalue weighted by Gasteiger charge is 2.26. The first-order valence-corrected chi connectivity index (χ1v) is 6.94. The van der Waals surface area contributed by atoms with Crippen LogP contribution in [0.1, 0.15) is 38.5 Å². The Morgan fingerprint density at radius 3 is 2.59 bits per heavy atom. The van der Waals surface area contributed by atoms with Gasteiger partial charge in [-0.15, -0.1) is 0 Å². The summed E-state index contributed by atoms with van der Waals surface area (Å²) in [5.41, 5.74) is 0. The molecule has 0 aromatic heterocycles. The third-order valence-electron chi connectivity index (χ3n) is 4.03. The highest BCUT2D eigenvalue weighted by Crippen LogP contribution is 2.20. The van der Waals surface area contributed by atoms with E-state index >= 15 is 0 Å². The van der Waals surface area contributed by atoms with Crippen LogP contribution in [0, 0.1) is 0 Å². The van der Waals surface area contributed by atoms with E-state index in [2.05, 4.69) is 9.80 Å². The van der Waals surface area contributed by atoms with E-state index in [9.17, 15) is 4.79 Å². The van der Waals surface area contributed by atoms with Gasteiger partial charge < -0.3 is 10.0 Å². The maximum absolute atomic E-state index is 10.6. The molecule has 2 rings (SSSR count). The lowest BCUT2D eigenvalue weighted by Crippen LogP contribution is -2.42. The molecule has 0 aliphatic carbocycles. The summed E-state index contributed by atoms with van der Waals surface area (Å²) in [5, 5.41) is 8.74. The van der Waals surface area contributed by atoms with Crippen LogP contribution < -0.4 is 0 Å². The molecule has 1 N–H and O–H groups in total. The van der Waals surface area contributed by atoms with Crippen LogP contribution in [0.25, 0.3) is 0 Å². The van der Waals surface area contributed by atoms with Crippen molar-refractivity contribution in [2.24, 2.45) is 0 Å². The molecule has 4 heteroatoms. The van der Waals surface area contributed by atoms with Gasteiger partial charge in [-0.25, -0.2) is 0 Å². The second kappa shape index (κ2) is 6.36. The number of rotatable bonds is 5. The quantitative estimate of drug-likeness (QED) is 0.789. The van der Waals surface area contributed by atoms with Gasteiger partial charge in [0.05, 0.1) is 6.42 Å². The van der Waals surface area contributed by atoms with Crippen LogP contribution in [-0.4, -0.2) is 59.6 Å². The van der Waals surface area contributed by atoms with Gasteiger partial charge in [0.1, 0.15) is 0 Å². The highest BCUT2D eigenvalue weighted by molar-refractivity contribution is 5.66. The number of likely N-dealkylation sites (tertiary alicyclic amines) is 2. The monoisotopic (exact) mass is 240 g/mol. The number of nitrogens with zero attached hydrogens (tertiary/aromatic N) is 2. The van der Waals surface area contributed by atoms with Crippen LogP contribution in [0.5, 0.6) is 0 Å². The van der Waals surface area contributed by atoms with Crippen LogP contribution in [0.4, 0.5) is 0 Å². The van der Waals surface area contributed by atoms with Crippen LogP contribution >= 0.6 is 0 Å². The fourth-order valence-electron chi connectivity index (χ4n) is 3.08. The number of carbonyl (C=O) groups is 1. The number of carboxylic acid groups (broad SMARTS) is 1. The summed E-state index contributed by atoms with van der Waals surface area (Å²) < 4.78 is 0. The number of hydrogen-bond acceptors (Lipinski definition) is 3. The van der Waals surface area contributed by atoms with Crippen molar-refractivity contribution in [1.29, 1.82) is 0 Å². The molecule has 2 heterocycles. The van der Waals surface area contributed by atoms with Gasteiger partial charge in [0, 0.05) is 19.1 Å². The Morgan fingerprint density at radius 1 is 1.12 bits per heavy atom. The molecule has 17 heavy (non-hydrogen) atoms. The van der Waals surface area contributed by atoms with E-state index in [1.54, 1.807) is 0 Å². The van der Waals surface area contributed by atoms with E-state index in [0.29, 0.717) is 6.04 Å². The van der Waals surface area contributed by atoms with Crippen molar-refractivity contribution >= 4 is 5.97 Å². The molecule has 1 atom stereocenters. The molecule has 0 spiro atoms. The van der Waals surface area contributed by atoms with Gasteiger partial charge in [0.2, 0.25) is 0 Å². The minimum atomic E-state index is -0.673. The highest BCUT2D eigenvalue weighted by atomic mass is 16.4. The molecule has 2 saturated heterocycles. The molecule has 0 amide bonds. The first-order chi connectivity index (χ1) is 8.25. The molecule has 0 radical (unpaired) electrons. The molecular formula is C13H24N2O2. The zero-order valence-electron chi connectivity index (χ0n) is 10.6. The molecular weight excluding hydrogens is 216 g/mol. The van der Waals surface area contributed by atoms with Crippen LogP contribution in [0.15, 0.2) is 0 Å². The van der Waals surface area contributed by atoms with E-state index in [1.165, 1.54) is 45.2 Å². The Hall–Kier alpha value is -0.610. The third kappa shape index (κ3) is 3.96. The molecule has 2 aliphatic heterocycles. The minimum absolute atomic E-state index is 0.288. The maximum atomic E-state index is 10.6. The van der Waals surface area contributed by atoms with Gasteiger partial charge in [-0.05, 0) is 45.3 Å². The normalized spacial score (nSPS) is 27.4. The molecule has 98 valence electrons. The fourth-order valence-corrected chi connectivity index (χ4v) is 3.08. The van der Waals surface area contributed by atoms with Crippen LogP contribution in [0.3, 0.4) is 0 Å². The topological polar surface area (TPSA) is 43.8 Å². The van der Waals surface area contributed by atoms with Crippen molar-refractivity contribution in [2.45, 2.75) is 44.6 Å². The predicted octanol–water partition coefficient (Wildman–Crippen LogP) is 1.41. The molecule has 0 bridgehead atoms. The third-order valence-corrected chi connectivity index (χ3v) is 4.03. The molecule has 0 aromatic rings. The van der Waals surface area contributed by atoms with Gasteiger partial charge in [-0.1, -0.05) is 6.42 Å². The standard InChI is InChI=1S/C13H24N2O2/c16-13(17)6-10-15-9-4-5-12(15)11-14-7-2-1-3-8-14/h12H,1-11H2,(H,16,17). The Bertz CT molecular complexity index is 252.